The zero-order valence-electron chi connectivity index (χ0n) is 57.1. The Morgan fingerprint density at radius 3 is 1.48 bits per heavy atom. The standard InChI is InChI=1S/C29H25F2N9O.C27H28BF2N5O3.C8H9BrN4.C6H5BrN4/c1-16(19-8-9-23(30)24(31)11-19)36-29(41)25-27(35-15-21(12-32)37-25)33-13-17-4-6-18(7-5-17)20-10-22-26(34-14-20)38-39-28(22)40(2)3;1-16(18-8-11-21(29)22(30)12-18)34-25(36)23-24(33-15-20(13-31)35-23)32-14-17-6-9-19(10-7-17)28-37-26(2,3)27(4,5)38-28;1-13(2)8-6-3-5(9)4-10-7(6)11-12-8;7-3-1-4-5(8)10-11-6(4)9-2-3/h4-11,14-16H,13H2,1-3H3,(H,33,35)(H,36,41)(H,34,38,39);6-12,15-16H,14H2,1-5H3,(H,32,33)(H,34,36);3-4H,1-2H3,(H,10,11,12);1-2H,(H3,8,9,10,11)/t2*16-;;/m00../s1. The highest BCUT2D eigenvalue weighted by Gasteiger charge is 2.51. The van der Waals surface area contributed by atoms with Crippen molar-refractivity contribution in [3.63, 3.8) is 0 Å². The number of nitrogen functional groups attached to an aromatic ring is 1. The lowest BCUT2D eigenvalue weighted by atomic mass is 9.79. The van der Waals surface area contributed by atoms with Gasteiger partial charge in [0.2, 0.25) is 0 Å². The van der Waals surface area contributed by atoms with Crippen LogP contribution in [0.25, 0.3) is 44.2 Å². The Morgan fingerprint density at radius 2 is 1.01 bits per heavy atom. The number of nitriles is 2. The number of nitrogens with zero attached hydrogens (tertiary/aromatic N) is 14. The summed E-state index contributed by atoms with van der Waals surface area (Å²) in [4.78, 5) is 59.3. The summed E-state index contributed by atoms with van der Waals surface area (Å²) >= 11 is 6.67. The second-order valence-corrected chi connectivity index (χ2v) is 26.6. The molecule has 526 valence electrons. The van der Waals surface area contributed by atoms with Gasteiger partial charge in [-0.2, -0.15) is 25.8 Å². The first-order valence-corrected chi connectivity index (χ1v) is 33.2. The molecule has 2 amide bonds. The molecule has 0 unspecified atom stereocenters. The van der Waals surface area contributed by atoms with Gasteiger partial charge in [-0.3, -0.25) is 24.9 Å². The number of hydrogen-bond donors (Lipinski definition) is 8. The van der Waals surface area contributed by atoms with E-state index in [-0.39, 0.29) is 34.4 Å². The minimum Gasteiger partial charge on any atom is -0.399 e. The third-order valence-corrected chi connectivity index (χ3v) is 17.4. The number of rotatable bonds is 16. The molecule has 1 saturated heterocycles. The molecular weight excluding hydrogens is 1460 g/mol. The number of fused-ring (bicyclic) bond motifs is 3. The van der Waals surface area contributed by atoms with Crippen molar-refractivity contribution in [3.05, 3.63) is 211 Å². The summed E-state index contributed by atoms with van der Waals surface area (Å²) in [6.45, 7) is 11.9. The fourth-order valence-electron chi connectivity index (χ4n) is 10.2. The number of aromatic nitrogens is 13. The van der Waals surface area contributed by atoms with Crippen LogP contribution in [0.15, 0.2) is 143 Å². The fraction of sp³-hybridized carbons (Fsp3) is 0.229. The van der Waals surface area contributed by atoms with E-state index in [0.717, 1.165) is 94.4 Å². The van der Waals surface area contributed by atoms with E-state index in [1.54, 1.807) is 32.4 Å². The zero-order valence-corrected chi connectivity index (χ0v) is 60.3. The molecule has 2 atom stereocenters. The summed E-state index contributed by atoms with van der Waals surface area (Å²) in [5.74, 6) is -2.61. The monoisotopic (exact) mass is 1520 g/mol. The van der Waals surface area contributed by atoms with Crippen LogP contribution < -0.4 is 42.3 Å². The molecule has 8 aromatic heterocycles. The number of halogens is 6. The molecule has 4 aromatic carbocycles. The molecule has 9 heterocycles. The molecule has 103 heavy (non-hydrogen) atoms. The number of hydrogen-bond acceptors (Lipinski definition) is 21. The van der Waals surface area contributed by atoms with Crippen molar-refractivity contribution in [2.45, 2.75) is 77.9 Å². The molecule has 0 radical (unpaired) electrons. The SMILES string of the molecule is CN(C)c1n[nH]c2ncc(Br)cc12.C[C@H](NC(=O)c1nc(C#N)cnc1NCc1ccc(-c2cnc3[nH]nc(N(C)C)c3c2)cc1)c1ccc(F)c(F)c1.C[C@H](NC(=O)c1nc(C#N)cnc1NCc1ccc(B2OC(C)(C)C(C)(C)O2)cc1)c1ccc(F)c(F)c1.Nc1[nH]nc2ncc(Br)cc12. The lowest BCUT2D eigenvalue weighted by Gasteiger charge is -2.32. The van der Waals surface area contributed by atoms with Crippen LogP contribution in [0.2, 0.25) is 0 Å². The average molecular weight is 1530 g/mol. The third kappa shape index (κ3) is 17.8. The summed E-state index contributed by atoms with van der Waals surface area (Å²) in [5, 5.41) is 53.7. The summed E-state index contributed by atoms with van der Waals surface area (Å²) < 4.78 is 68.0. The summed E-state index contributed by atoms with van der Waals surface area (Å²) in [7, 11) is 7.28. The van der Waals surface area contributed by atoms with E-state index in [1.165, 1.54) is 24.5 Å². The molecule has 1 fully saturated rings. The van der Waals surface area contributed by atoms with Gasteiger partial charge in [-0.05, 0) is 149 Å². The predicted molar refractivity (Wildman–Crippen MR) is 390 cm³/mol. The van der Waals surface area contributed by atoms with Crippen LogP contribution in [-0.2, 0) is 22.4 Å². The Morgan fingerprint density at radius 1 is 0.563 bits per heavy atom. The fourth-order valence-corrected chi connectivity index (χ4v) is 10.8. The molecule has 0 spiro atoms. The van der Waals surface area contributed by atoms with E-state index >= 15 is 0 Å². The van der Waals surface area contributed by atoms with Crippen LogP contribution in [-0.4, -0.2) is 124 Å². The van der Waals surface area contributed by atoms with E-state index in [1.807, 2.05) is 145 Å². The Balaban J connectivity index is 0.000000167. The quantitative estimate of drug-likeness (QED) is 0.0329. The van der Waals surface area contributed by atoms with Gasteiger partial charge in [-0.25, -0.2) is 52.4 Å². The number of nitrogens with one attached hydrogen (secondary N) is 7. The summed E-state index contributed by atoms with van der Waals surface area (Å²) in [5.41, 5.74) is 12.0. The highest BCUT2D eigenvalue weighted by atomic mass is 79.9. The lowest BCUT2D eigenvalue weighted by Crippen LogP contribution is -2.41. The topological polar surface area (TPSA) is 357 Å². The van der Waals surface area contributed by atoms with E-state index < -0.39 is 65.5 Å². The van der Waals surface area contributed by atoms with Crippen LogP contribution in [0.5, 0.6) is 0 Å². The molecule has 1 aliphatic heterocycles. The van der Waals surface area contributed by atoms with Crippen molar-refractivity contribution in [2.24, 2.45) is 0 Å². The Labute approximate surface area is 605 Å². The van der Waals surface area contributed by atoms with Crippen molar-refractivity contribution in [3.8, 4) is 23.3 Å². The van der Waals surface area contributed by atoms with Crippen LogP contribution in [0, 0.1) is 45.9 Å². The van der Waals surface area contributed by atoms with E-state index in [2.05, 4.69) is 119 Å². The molecular formula is C70H67BBr2F4N22O4. The van der Waals surface area contributed by atoms with E-state index in [0.29, 0.717) is 41.3 Å². The summed E-state index contributed by atoms with van der Waals surface area (Å²) in [6, 6.07) is 30.6. The second-order valence-electron chi connectivity index (χ2n) is 24.8. The highest BCUT2D eigenvalue weighted by molar-refractivity contribution is 9.10. The number of carbonyl (C=O) groups is 2. The Bertz CT molecular complexity index is 5150. The van der Waals surface area contributed by atoms with Gasteiger partial charge in [0.05, 0.1) is 51.8 Å². The molecule has 9 N–H and O–H groups in total. The molecule has 33 heteroatoms. The van der Waals surface area contributed by atoms with Crippen LogP contribution >= 0.6 is 31.9 Å². The van der Waals surface area contributed by atoms with Gasteiger partial charge in [0.25, 0.3) is 11.8 Å². The number of benzene rings is 4. The number of anilines is 5. The van der Waals surface area contributed by atoms with Gasteiger partial charge in [0.15, 0.2) is 86.3 Å². The molecule has 26 nitrogen and oxygen atoms in total. The van der Waals surface area contributed by atoms with Crippen molar-refractivity contribution in [1.82, 2.24) is 76.1 Å². The highest BCUT2D eigenvalue weighted by Crippen LogP contribution is 2.37. The van der Waals surface area contributed by atoms with Crippen molar-refractivity contribution >= 4 is 118 Å². The van der Waals surface area contributed by atoms with Gasteiger partial charge in [-0.15, -0.1) is 0 Å². The van der Waals surface area contributed by atoms with Gasteiger partial charge in [0, 0.05) is 74.4 Å². The number of nitrogens with two attached hydrogens (primary N) is 1. The number of H-pyrrole nitrogens is 3. The number of carbonyl (C=O) groups excluding carboxylic acids is 2. The number of pyridine rings is 3. The molecule has 12 aromatic rings. The normalized spacial score (nSPS) is 13.2. The Hall–Kier alpha value is -11.5. The van der Waals surface area contributed by atoms with Crippen molar-refractivity contribution in [1.29, 1.82) is 10.5 Å². The molecule has 0 saturated carbocycles. The average Bonchev–Trinajstić information content (AvgIpc) is 1.63. The smallest absolute Gasteiger partial charge is 0.399 e. The first-order chi connectivity index (χ1) is 49.1. The maximum Gasteiger partial charge on any atom is 0.494 e. The van der Waals surface area contributed by atoms with E-state index in [9.17, 15) is 37.7 Å². The van der Waals surface area contributed by atoms with Crippen LogP contribution in [0.1, 0.15) is 108 Å². The van der Waals surface area contributed by atoms with Crippen molar-refractivity contribution < 1.29 is 36.5 Å². The zero-order chi connectivity index (χ0) is 74.0. The van der Waals surface area contributed by atoms with Gasteiger partial charge >= 0.3 is 7.12 Å². The minimum atomic E-state index is -1.01. The summed E-state index contributed by atoms with van der Waals surface area (Å²) in [6.07, 6.45) is 7.75. The number of aromatic amines is 3. The third-order valence-electron chi connectivity index (χ3n) is 16.5. The minimum absolute atomic E-state index is 0.0343. The molecule has 1 aliphatic rings. The maximum absolute atomic E-state index is 13.7. The number of amides is 2. The van der Waals surface area contributed by atoms with Gasteiger partial charge < -0.3 is 46.1 Å². The van der Waals surface area contributed by atoms with Gasteiger partial charge in [0.1, 0.15) is 18.0 Å². The second kappa shape index (κ2) is 32.0. The lowest BCUT2D eigenvalue weighted by molar-refractivity contribution is 0.00578. The van der Waals surface area contributed by atoms with Crippen LogP contribution in [0.3, 0.4) is 0 Å². The van der Waals surface area contributed by atoms with Crippen LogP contribution in [0.4, 0.5) is 46.7 Å². The van der Waals surface area contributed by atoms with Crippen molar-refractivity contribution in [2.75, 3.05) is 54.4 Å². The Kier molecular flexibility index (Phi) is 23.0. The first-order valence-electron chi connectivity index (χ1n) is 31.6. The molecule has 13 rings (SSSR count). The van der Waals surface area contributed by atoms with E-state index in [4.69, 9.17) is 15.0 Å². The molecule has 0 aliphatic carbocycles. The van der Waals surface area contributed by atoms with Gasteiger partial charge in [-0.1, -0.05) is 60.7 Å². The largest absolute Gasteiger partial charge is 0.494 e. The molecule has 0 bridgehead atoms. The maximum atomic E-state index is 13.7. The first kappa shape index (κ1) is 74.2. The predicted octanol–water partition coefficient (Wildman–Crippen LogP) is 11.9.